The van der Waals surface area contributed by atoms with Gasteiger partial charge in [-0.1, -0.05) is 133 Å². The highest BCUT2D eigenvalue weighted by molar-refractivity contribution is 6.25. The smallest absolute Gasteiger partial charge is 0.145 e. The molecule has 0 N–H and O–H groups in total. The van der Waals surface area contributed by atoms with Crippen LogP contribution in [0.3, 0.4) is 0 Å². The van der Waals surface area contributed by atoms with E-state index in [4.69, 9.17) is 9.97 Å². The lowest BCUT2D eigenvalue weighted by Gasteiger charge is -2.17. The van der Waals surface area contributed by atoms with E-state index in [0.717, 1.165) is 44.9 Å². The molecule has 3 nitrogen and oxygen atoms in total. The quantitative estimate of drug-likeness (QED) is 0.174. The predicted octanol–water partition coefficient (Wildman–Crippen LogP) is 12.5. The summed E-state index contributed by atoms with van der Waals surface area (Å²) in [4.78, 5) is 9.79. The summed E-state index contributed by atoms with van der Waals surface area (Å²) in [6, 6.07) is 64.9. The number of rotatable bonds is 5. The monoisotopic (exact) mass is 649 g/mol. The number of benzene rings is 8. The number of para-hydroxylation sites is 2. The summed E-state index contributed by atoms with van der Waals surface area (Å²) < 4.78 is 2.27. The van der Waals surface area contributed by atoms with E-state index in [9.17, 15) is 0 Å². The van der Waals surface area contributed by atoms with E-state index >= 15 is 0 Å². The molecule has 0 aliphatic heterocycles. The number of hydrogen-bond donors (Lipinski definition) is 0. The van der Waals surface area contributed by atoms with Gasteiger partial charge in [0.2, 0.25) is 0 Å². The predicted molar refractivity (Wildman–Crippen MR) is 213 cm³/mol. The fraction of sp³-hybridized carbons (Fsp3) is 0. The van der Waals surface area contributed by atoms with Crippen LogP contribution in [0.2, 0.25) is 0 Å². The van der Waals surface area contributed by atoms with Crippen molar-refractivity contribution in [3.8, 4) is 50.6 Å². The van der Waals surface area contributed by atoms with Gasteiger partial charge in [-0.05, 0) is 103 Å². The first-order valence-corrected chi connectivity index (χ1v) is 17.3. The Kier molecular flexibility index (Phi) is 6.81. The fourth-order valence-corrected chi connectivity index (χ4v) is 7.68. The molecule has 10 rings (SSSR count). The van der Waals surface area contributed by atoms with Gasteiger partial charge in [-0.25, -0.2) is 4.98 Å². The number of imidazole rings is 1. The lowest BCUT2D eigenvalue weighted by atomic mass is 9.87. The van der Waals surface area contributed by atoms with Gasteiger partial charge in [0.25, 0.3) is 0 Å². The number of aromatic nitrogens is 3. The van der Waals surface area contributed by atoms with Crippen LogP contribution < -0.4 is 0 Å². The molecule has 0 radical (unpaired) electrons. The van der Waals surface area contributed by atoms with E-state index < -0.39 is 0 Å². The van der Waals surface area contributed by atoms with Crippen LogP contribution in [0.15, 0.2) is 188 Å². The second kappa shape index (κ2) is 11.9. The molecule has 2 aromatic heterocycles. The van der Waals surface area contributed by atoms with Gasteiger partial charge >= 0.3 is 0 Å². The first-order valence-electron chi connectivity index (χ1n) is 17.3. The van der Waals surface area contributed by atoms with Gasteiger partial charge in [0.15, 0.2) is 0 Å². The zero-order valence-electron chi connectivity index (χ0n) is 27.7. The molecular formula is C48H31N3. The molecule has 51 heavy (non-hydrogen) atoms. The van der Waals surface area contributed by atoms with Crippen LogP contribution in [0, 0.1) is 0 Å². The molecule has 0 bridgehead atoms. The van der Waals surface area contributed by atoms with Crippen molar-refractivity contribution in [2.24, 2.45) is 0 Å². The molecule has 0 saturated heterocycles. The molecule has 0 unspecified atom stereocenters. The van der Waals surface area contributed by atoms with Gasteiger partial charge in [0.1, 0.15) is 5.82 Å². The van der Waals surface area contributed by atoms with Gasteiger partial charge in [-0.15, -0.1) is 0 Å². The van der Waals surface area contributed by atoms with Gasteiger partial charge < -0.3 is 0 Å². The third-order valence-corrected chi connectivity index (χ3v) is 10.0. The van der Waals surface area contributed by atoms with Gasteiger partial charge in [-0.2, -0.15) is 0 Å². The minimum Gasteiger partial charge on any atom is -0.292 e. The van der Waals surface area contributed by atoms with Gasteiger partial charge in [0, 0.05) is 23.0 Å². The Balaban J connectivity index is 1.16. The highest BCUT2D eigenvalue weighted by Crippen LogP contribution is 2.42. The van der Waals surface area contributed by atoms with E-state index in [0.29, 0.717) is 0 Å². The standard InChI is InChI=1S/C48H31N3/c1-3-13-33(14-4-1)45-31-35(27-28-49-45)43-30-36-29-42(38-17-7-9-19-40(38)47(36)41-20-10-8-18-39(41)43)32-23-25-37(26-24-32)51-46-22-12-11-21-44(46)50-48(51)34-15-5-2-6-16-34/h1-31H. The van der Waals surface area contributed by atoms with E-state index in [1.165, 1.54) is 49.0 Å². The van der Waals surface area contributed by atoms with E-state index in [1.54, 1.807) is 0 Å². The SMILES string of the molecule is c1ccc(-c2cc(-c3cc4cc(-c5ccc(-n6c(-c7ccccc7)nc7ccccc76)cc5)c5ccccc5c4c4ccccc34)ccn2)cc1. The Morgan fingerprint density at radius 1 is 0.412 bits per heavy atom. The Hall–Kier alpha value is -6.84. The summed E-state index contributed by atoms with van der Waals surface area (Å²) in [5, 5.41) is 7.47. The molecule has 0 fully saturated rings. The maximum absolute atomic E-state index is 5.05. The van der Waals surface area contributed by atoms with Crippen LogP contribution in [-0.4, -0.2) is 14.5 Å². The molecule has 3 heteroatoms. The van der Waals surface area contributed by atoms with E-state index in [1.807, 2.05) is 24.4 Å². The number of fused-ring (bicyclic) bond motifs is 6. The van der Waals surface area contributed by atoms with Crippen molar-refractivity contribution in [2.75, 3.05) is 0 Å². The topological polar surface area (TPSA) is 30.7 Å². The van der Waals surface area contributed by atoms with Crippen molar-refractivity contribution in [3.05, 3.63) is 188 Å². The molecule has 0 saturated carbocycles. The normalized spacial score (nSPS) is 11.5. The van der Waals surface area contributed by atoms with Crippen molar-refractivity contribution < 1.29 is 0 Å². The molecule has 10 aromatic rings. The Morgan fingerprint density at radius 3 is 1.67 bits per heavy atom. The maximum atomic E-state index is 5.05. The summed E-state index contributed by atoms with van der Waals surface area (Å²) in [6.45, 7) is 0. The lowest BCUT2D eigenvalue weighted by Crippen LogP contribution is -1.97. The maximum Gasteiger partial charge on any atom is 0.145 e. The number of pyridine rings is 1. The third kappa shape index (κ3) is 4.90. The number of nitrogens with zero attached hydrogens (tertiary/aromatic N) is 3. The number of hydrogen-bond acceptors (Lipinski definition) is 2. The first kappa shape index (κ1) is 29.1. The van der Waals surface area contributed by atoms with E-state index in [-0.39, 0.29) is 0 Å². The molecular weight excluding hydrogens is 619 g/mol. The van der Waals surface area contributed by atoms with Crippen molar-refractivity contribution in [2.45, 2.75) is 0 Å². The van der Waals surface area contributed by atoms with Crippen molar-refractivity contribution in [1.82, 2.24) is 14.5 Å². The molecule has 0 aliphatic rings. The zero-order valence-corrected chi connectivity index (χ0v) is 27.7. The highest BCUT2D eigenvalue weighted by Gasteiger charge is 2.17. The summed E-state index contributed by atoms with van der Waals surface area (Å²) in [5.41, 5.74) is 11.1. The van der Waals surface area contributed by atoms with Crippen LogP contribution in [0.1, 0.15) is 0 Å². The fourth-order valence-electron chi connectivity index (χ4n) is 7.68. The van der Waals surface area contributed by atoms with Gasteiger partial charge in [-0.3, -0.25) is 9.55 Å². The lowest BCUT2D eigenvalue weighted by molar-refractivity contribution is 1.10. The van der Waals surface area contributed by atoms with Crippen molar-refractivity contribution in [3.63, 3.8) is 0 Å². The summed E-state index contributed by atoms with van der Waals surface area (Å²) >= 11 is 0. The summed E-state index contributed by atoms with van der Waals surface area (Å²) in [6.07, 6.45) is 1.93. The molecule has 0 atom stereocenters. The highest BCUT2D eigenvalue weighted by atomic mass is 15.1. The van der Waals surface area contributed by atoms with Crippen LogP contribution in [-0.2, 0) is 0 Å². The Bertz CT molecular complexity index is 2890. The second-order valence-electron chi connectivity index (χ2n) is 13.0. The third-order valence-electron chi connectivity index (χ3n) is 10.0. The molecule has 0 amide bonds. The van der Waals surface area contributed by atoms with Crippen LogP contribution in [0.25, 0.3) is 93.9 Å². The van der Waals surface area contributed by atoms with Crippen LogP contribution >= 0.6 is 0 Å². The molecule has 0 spiro atoms. The average molecular weight is 650 g/mol. The van der Waals surface area contributed by atoms with E-state index in [2.05, 4.69) is 168 Å². The molecule has 2 heterocycles. The largest absolute Gasteiger partial charge is 0.292 e. The van der Waals surface area contributed by atoms with Crippen molar-refractivity contribution >= 4 is 43.4 Å². The molecule has 8 aromatic carbocycles. The molecule has 0 aliphatic carbocycles. The first-order chi connectivity index (χ1) is 25.3. The minimum atomic E-state index is 0.937. The van der Waals surface area contributed by atoms with Gasteiger partial charge in [0.05, 0.1) is 16.7 Å². The van der Waals surface area contributed by atoms with Crippen molar-refractivity contribution in [1.29, 1.82) is 0 Å². The van der Waals surface area contributed by atoms with Crippen LogP contribution in [0.4, 0.5) is 0 Å². The Morgan fingerprint density at radius 2 is 0.980 bits per heavy atom. The Labute approximate surface area is 295 Å². The minimum absolute atomic E-state index is 0.937. The second-order valence-corrected chi connectivity index (χ2v) is 13.0. The molecule has 238 valence electrons. The average Bonchev–Trinajstić information content (AvgIpc) is 3.61. The zero-order chi connectivity index (χ0) is 33.7. The van der Waals surface area contributed by atoms with Crippen LogP contribution in [0.5, 0.6) is 0 Å². The summed E-state index contributed by atoms with van der Waals surface area (Å²) in [7, 11) is 0. The summed E-state index contributed by atoms with van der Waals surface area (Å²) in [5.74, 6) is 0.937.